The fourth-order valence-electron chi connectivity index (χ4n) is 5.60. The first kappa shape index (κ1) is 21.0. The van der Waals surface area contributed by atoms with Crippen LogP contribution in [-0.2, 0) is 6.54 Å². The van der Waals surface area contributed by atoms with Crippen LogP contribution in [0, 0.1) is 0 Å². The van der Waals surface area contributed by atoms with Crippen LogP contribution in [0.4, 0.5) is 0 Å². The number of hydrogen-bond donors (Lipinski definition) is 0. The van der Waals surface area contributed by atoms with Crippen LogP contribution in [0.3, 0.4) is 0 Å². The molecule has 2 aromatic heterocycles. The summed E-state index contributed by atoms with van der Waals surface area (Å²) in [5.74, 6) is 0.579. The van der Waals surface area contributed by atoms with Crippen LogP contribution in [0.15, 0.2) is 84.9 Å². The van der Waals surface area contributed by atoms with Gasteiger partial charge in [-0.15, -0.1) is 0 Å². The molecule has 0 amide bonds. The van der Waals surface area contributed by atoms with Crippen molar-refractivity contribution < 1.29 is 0 Å². The fraction of sp³-hybridized carbons (Fsp3) is 0.250. The lowest BCUT2D eigenvalue weighted by Crippen LogP contribution is -1.98. The highest BCUT2D eigenvalue weighted by Gasteiger charge is 2.19. The van der Waals surface area contributed by atoms with Crippen molar-refractivity contribution in [1.29, 1.82) is 0 Å². The quantitative estimate of drug-likeness (QED) is 0.242. The van der Waals surface area contributed by atoms with Gasteiger partial charge in [0.15, 0.2) is 0 Å². The van der Waals surface area contributed by atoms with Crippen molar-refractivity contribution in [3.05, 3.63) is 90.5 Å². The molecule has 6 aromatic rings. The minimum atomic E-state index is 0.579. The summed E-state index contributed by atoms with van der Waals surface area (Å²) in [4.78, 5) is 0. The highest BCUT2D eigenvalue weighted by molar-refractivity contribution is 6.25. The summed E-state index contributed by atoms with van der Waals surface area (Å²) in [5.41, 5.74) is 7.90. The van der Waals surface area contributed by atoms with Crippen molar-refractivity contribution in [3.63, 3.8) is 0 Å². The van der Waals surface area contributed by atoms with Crippen LogP contribution >= 0.6 is 0 Å². The van der Waals surface area contributed by atoms with E-state index in [-0.39, 0.29) is 0 Å². The minimum Gasteiger partial charge on any atom is -0.340 e. The molecule has 0 fully saturated rings. The SMILES string of the molecule is CCCCn1c2ccccc2c2c1ccc1c3ccccc3n(-c3ccc(C(C)CC)cc3)c12. The molecule has 2 nitrogen and oxygen atoms in total. The summed E-state index contributed by atoms with van der Waals surface area (Å²) < 4.78 is 5.02. The van der Waals surface area contributed by atoms with Gasteiger partial charge in [0.25, 0.3) is 0 Å². The molecular weight excluding hydrogens is 412 g/mol. The first-order valence-corrected chi connectivity index (χ1v) is 12.8. The summed E-state index contributed by atoms with van der Waals surface area (Å²) >= 11 is 0. The van der Waals surface area contributed by atoms with E-state index in [1.807, 2.05) is 0 Å². The number of nitrogens with zero attached hydrogens (tertiary/aromatic N) is 2. The molecule has 0 bridgehead atoms. The van der Waals surface area contributed by atoms with Crippen molar-refractivity contribution in [3.8, 4) is 5.69 Å². The van der Waals surface area contributed by atoms with Gasteiger partial charge in [-0.3, -0.25) is 0 Å². The predicted octanol–water partition coefficient (Wildman–Crippen LogP) is 9.21. The molecule has 0 aliphatic rings. The molecule has 4 aromatic carbocycles. The number of fused-ring (bicyclic) bond motifs is 7. The number of rotatable bonds is 6. The second-order valence-electron chi connectivity index (χ2n) is 9.63. The van der Waals surface area contributed by atoms with Gasteiger partial charge in [-0.1, -0.05) is 81.8 Å². The van der Waals surface area contributed by atoms with Crippen LogP contribution in [-0.4, -0.2) is 9.13 Å². The molecule has 0 saturated carbocycles. The number of hydrogen-bond acceptors (Lipinski definition) is 0. The smallest absolute Gasteiger partial charge is 0.0641 e. The average Bonchev–Trinajstić information content (AvgIpc) is 3.40. The first-order chi connectivity index (χ1) is 16.7. The Hall–Kier alpha value is -3.52. The maximum Gasteiger partial charge on any atom is 0.0641 e. The highest BCUT2D eigenvalue weighted by Crippen LogP contribution is 2.41. The normalized spacial score (nSPS) is 12.9. The van der Waals surface area contributed by atoms with E-state index in [1.54, 1.807) is 0 Å². The summed E-state index contributed by atoms with van der Waals surface area (Å²) in [6.07, 6.45) is 3.54. The zero-order valence-electron chi connectivity index (χ0n) is 20.4. The Balaban J connectivity index is 1.75. The van der Waals surface area contributed by atoms with Crippen molar-refractivity contribution in [2.75, 3.05) is 0 Å². The van der Waals surface area contributed by atoms with Gasteiger partial charge in [0.2, 0.25) is 0 Å². The van der Waals surface area contributed by atoms with Crippen LogP contribution < -0.4 is 0 Å². The summed E-state index contributed by atoms with van der Waals surface area (Å²) in [6, 6.07) is 31.7. The number of benzene rings is 4. The van der Waals surface area contributed by atoms with E-state index >= 15 is 0 Å². The van der Waals surface area contributed by atoms with E-state index in [4.69, 9.17) is 0 Å². The molecule has 0 aliphatic heterocycles. The molecule has 2 heterocycles. The van der Waals surface area contributed by atoms with Gasteiger partial charge in [-0.25, -0.2) is 0 Å². The average molecular weight is 445 g/mol. The van der Waals surface area contributed by atoms with Crippen molar-refractivity contribution in [2.24, 2.45) is 0 Å². The molecule has 6 rings (SSSR count). The zero-order chi connectivity index (χ0) is 23.2. The molecule has 0 saturated heterocycles. The Morgan fingerprint density at radius 1 is 0.676 bits per heavy atom. The number of aryl methyl sites for hydroxylation is 1. The molecule has 0 aliphatic carbocycles. The maximum absolute atomic E-state index is 2.53. The largest absolute Gasteiger partial charge is 0.340 e. The third kappa shape index (κ3) is 3.09. The second-order valence-corrected chi connectivity index (χ2v) is 9.63. The van der Waals surface area contributed by atoms with E-state index in [0.717, 1.165) is 13.0 Å². The van der Waals surface area contributed by atoms with Crippen molar-refractivity contribution in [2.45, 2.75) is 52.5 Å². The van der Waals surface area contributed by atoms with E-state index in [2.05, 4.69) is 115 Å². The second kappa shape index (κ2) is 8.36. The van der Waals surface area contributed by atoms with Gasteiger partial charge in [-0.05, 0) is 54.7 Å². The van der Waals surface area contributed by atoms with E-state index in [1.165, 1.54) is 67.7 Å². The van der Waals surface area contributed by atoms with Gasteiger partial charge >= 0.3 is 0 Å². The van der Waals surface area contributed by atoms with Gasteiger partial charge in [0.05, 0.1) is 16.6 Å². The first-order valence-electron chi connectivity index (χ1n) is 12.8. The third-order valence-electron chi connectivity index (χ3n) is 7.64. The van der Waals surface area contributed by atoms with E-state index < -0.39 is 0 Å². The monoisotopic (exact) mass is 444 g/mol. The third-order valence-corrected chi connectivity index (χ3v) is 7.64. The number of unbranched alkanes of at least 4 members (excludes halogenated alkanes) is 1. The fourth-order valence-corrected chi connectivity index (χ4v) is 5.60. The molecule has 0 N–H and O–H groups in total. The number of aromatic nitrogens is 2. The minimum absolute atomic E-state index is 0.579. The summed E-state index contributed by atoms with van der Waals surface area (Å²) in [7, 11) is 0. The van der Waals surface area contributed by atoms with Gasteiger partial charge in [0, 0.05) is 39.3 Å². The molecule has 2 heteroatoms. The number of para-hydroxylation sites is 2. The Morgan fingerprint density at radius 3 is 2.12 bits per heavy atom. The van der Waals surface area contributed by atoms with Crippen LogP contribution in [0.2, 0.25) is 0 Å². The topological polar surface area (TPSA) is 9.86 Å². The Bertz CT molecular complexity index is 1630. The van der Waals surface area contributed by atoms with E-state index in [9.17, 15) is 0 Å². The lowest BCUT2D eigenvalue weighted by molar-refractivity contribution is 0.665. The molecule has 0 radical (unpaired) electrons. The summed E-state index contributed by atoms with van der Waals surface area (Å²) in [5, 5.41) is 5.36. The molecule has 0 spiro atoms. The lowest BCUT2D eigenvalue weighted by atomic mass is 9.98. The Kier molecular flexibility index (Phi) is 5.17. The molecule has 34 heavy (non-hydrogen) atoms. The molecule has 1 unspecified atom stereocenters. The standard InChI is InChI=1S/C32H32N2/c1-4-6-21-33-28-13-9-8-12-27(28)31-30(33)20-19-26-25-11-7-10-14-29(25)34(32(26)31)24-17-15-23(16-18-24)22(3)5-2/h7-20,22H,4-6,21H2,1-3H3. The lowest BCUT2D eigenvalue weighted by Gasteiger charge is -2.13. The maximum atomic E-state index is 2.53. The van der Waals surface area contributed by atoms with Gasteiger partial charge < -0.3 is 9.13 Å². The van der Waals surface area contributed by atoms with Gasteiger partial charge in [-0.2, -0.15) is 0 Å². The van der Waals surface area contributed by atoms with Crippen molar-refractivity contribution in [1.82, 2.24) is 9.13 Å². The van der Waals surface area contributed by atoms with Crippen LogP contribution in [0.1, 0.15) is 51.5 Å². The van der Waals surface area contributed by atoms with Gasteiger partial charge in [0.1, 0.15) is 0 Å². The van der Waals surface area contributed by atoms with Crippen molar-refractivity contribution >= 4 is 43.6 Å². The van der Waals surface area contributed by atoms with E-state index in [0.29, 0.717) is 5.92 Å². The Morgan fingerprint density at radius 2 is 1.38 bits per heavy atom. The Labute approximate surface area is 201 Å². The van der Waals surface area contributed by atoms with Crippen LogP contribution in [0.5, 0.6) is 0 Å². The predicted molar refractivity (Wildman–Crippen MR) is 147 cm³/mol. The summed E-state index contributed by atoms with van der Waals surface area (Å²) in [6.45, 7) is 7.89. The molecule has 170 valence electrons. The zero-order valence-corrected chi connectivity index (χ0v) is 20.4. The molecule has 1 atom stereocenters. The highest BCUT2D eigenvalue weighted by atomic mass is 15.0. The van der Waals surface area contributed by atoms with Crippen LogP contribution in [0.25, 0.3) is 49.3 Å². The molecular formula is C32H32N2.